The lowest BCUT2D eigenvalue weighted by Gasteiger charge is -2.22. The van der Waals surface area contributed by atoms with Crippen LogP contribution in [0.4, 0.5) is 0 Å². The molecule has 0 aromatic carbocycles. The summed E-state index contributed by atoms with van der Waals surface area (Å²) in [6.07, 6.45) is 2.12. The summed E-state index contributed by atoms with van der Waals surface area (Å²) in [5.74, 6) is 0.444. The monoisotopic (exact) mass is 320 g/mol. The molecule has 136 valence electrons. The average molecular weight is 321 g/mol. The fourth-order valence-corrected chi connectivity index (χ4v) is 2.71. The zero-order valence-electron chi connectivity index (χ0n) is 16.2. The fourth-order valence-electron chi connectivity index (χ4n) is 2.71. The molecule has 0 saturated heterocycles. The quantitative estimate of drug-likeness (QED) is 0.694. The first-order chi connectivity index (χ1) is 10.1. The Morgan fingerprint density at radius 3 is 1.68 bits per heavy atom. The van der Waals surface area contributed by atoms with Crippen LogP contribution in [0.15, 0.2) is 0 Å². The minimum absolute atomic E-state index is 0.0376. The number of carbonyl (C=O) groups excluding carboxylic acids is 1. The second-order valence-electron chi connectivity index (χ2n) is 6.07. The molecular weight excluding hydrogens is 280 g/mol. The van der Waals surface area contributed by atoms with Crippen LogP contribution in [0.3, 0.4) is 0 Å². The number of rotatable bonds is 3. The van der Waals surface area contributed by atoms with Crippen LogP contribution >= 0.6 is 0 Å². The minimum atomic E-state index is -1.50. The van der Waals surface area contributed by atoms with E-state index in [1.807, 2.05) is 27.7 Å². The van der Waals surface area contributed by atoms with Crippen molar-refractivity contribution in [1.82, 2.24) is 0 Å². The van der Waals surface area contributed by atoms with Gasteiger partial charge in [0.05, 0.1) is 0 Å². The summed E-state index contributed by atoms with van der Waals surface area (Å²) in [5, 5.41) is 24.9. The van der Waals surface area contributed by atoms with Gasteiger partial charge in [-0.3, -0.25) is 4.79 Å². The lowest BCUT2D eigenvalue weighted by atomic mass is 9.83. The summed E-state index contributed by atoms with van der Waals surface area (Å²) in [5.41, 5.74) is 0. The van der Waals surface area contributed by atoms with Gasteiger partial charge in [0.1, 0.15) is 6.61 Å². The predicted molar refractivity (Wildman–Crippen MR) is 93.5 cm³/mol. The third kappa shape index (κ3) is 13.2. The lowest BCUT2D eigenvalue weighted by Crippen LogP contribution is -2.24. The highest BCUT2D eigenvalue weighted by Crippen LogP contribution is 2.41. The fraction of sp³-hybridized carbons (Fsp3) is 0.944. The van der Waals surface area contributed by atoms with Crippen molar-refractivity contribution in [2.24, 2.45) is 23.7 Å². The molecule has 0 aliphatic heterocycles. The molecule has 1 aliphatic rings. The molecule has 0 heterocycles. The van der Waals surface area contributed by atoms with Gasteiger partial charge in [-0.2, -0.15) is 0 Å². The van der Waals surface area contributed by atoms with Gasteiger partial charge in [0.25, 0.3) is 0 Å². The number of ketones is 1. The van der Waals surface area contributed by atoms with Crippen molar-refractivity contribution < 1.29 is 20.1 Å². The van der Waals surface area contributed by atoms with Crippen molar-refractivity contribution >= 4 is 5.78 Å². The van der Waals surface area contributed by atoms with Gasteiger partial charge < -0.3 is 15.3 Å². The van der Waals surface area contributed by atoms with Crippen LogP contribution in [0.5, 0.6) is 0 Å². The Bertz CT molecular complexity index is 250. The van der Waals surface area contributed by atoms with Crippen LogP contribution < -0.4 is 0 Å². The van der Waals surface area contributed by atoms with Crippen LogP contribution in [-0.4, -0.2) is 33.5 Å². The van der Waals surface area contributed by atoms with Crippen molar-refractivity contribution in [3.63, 3.8) is 0 Å². The van der Waals surface area contributed by atoms with Crippen molar-refractivity contribution in [2.75, 3.05) is 6.61 Å². The minimum Gasteiger partial charge on any atom is -0.389 e. The summed E-state index contributed by atoms with van der Waals surface area (Å²) in [7, 11) is 0. The Morgan fingerprint density at radius 2 is 1.45 bits per heavy atom. The van der Waals surface area contributed by atoms with Gasteiger partial charge in [0.15, 0.2) is 11.6 Å². The van der Waals surface area contributed by atoms with Gasteiger partial charge in [-0.1, -0.05) is 48.5 Å². The molecule has 1 aliphatic carbocycles. The molecule has 22 heavy (non-hydrogen) atoms. The first-order valence-corrected chi connectivity index (χ1v) is 8.66. The van der Waals surface area contributed by atoms with Crippen molar-refractivity contribution in [3.05, 3.63) is 0 Å². The first-order valence-electron chi connectivity index (χ1n) is 8.66. The van der Waals surface area contributed by atoms with E-state index in [-0.39, 0.29) is 18.3 Å². The largest absolute Gasteiger partial charge is 0.389 e. The van der Waals surface area contributed by atoms with Crippen LogP contribution in [-0.2, 0) is 4.79 Å². The van der Waals surface area contributed by atoms with Crippen molar-refractivity contribution in [1.29, 1.82) is 0 Å². The van der Waals surface area contributed by atoms with E-state index in [9.17, 15) is 4.79 Å². The zero-order chi connectivity index (χ0) is 18.5. The molecule has 0 radical (unpaired) electrons. The Balaban J connectivity index is -0.000000338. The zero-order valence-corrected chi connectivity index (χ0v) is 16.2. The van der Waals surface area contributed by atoms with Crippen LogP contribution in [0.1, 0.15) is 75.2 Å². The maximum atomic E-state index is 11.3. The first kappa shape index (κ1) is 26.4. The van der Waals surface area contributed by atoms with E-state index >= 15 is 0 Å². The molecule has 4 nitrogen and oxygen atoms in total. The van der Waals surface area contributed by atoms with Gasteiger partial charge in [0.2, 0.25) is 0 Å². The standard InChI is InChI=1S/C11H20O2.C3H8O2.2C2H6/c1-7(2)9-4-5-10(8(9)3)11(13)6-12;1-3(2,4)5;2*1-2/h7-10,12H,4-6H2,1-3H3;4-5H,1-2H3;2*1-2H3. The summed E-state index contributed by atoms with van der Waals surface area (Å²) < 4.78 is 0. The molecular formula is C18H40O4. The SMILES string of the molecule is CC.CC.CC(C)(O)O.CC(C)C1CCC(C(=O)CO)C1C. The van der Waals surface area contributed by atoms with Crippen LogP contribution in [0.25, 0.3) is 0 Å². The Labute approximate surface area is 137 Å². The highest BCUT2D eigenvalue weighted by Gasteiger charge is 2.37. The van der Waals surface area contributed by atoms with Gasteiger partial charge >= 0.3 is 0 Å². The van der Waals surface area contributed by atoms with E-state index in [1.54, 1.807) is 0 Å². The summed E-state index contributed by atoms with van der Waals surface area (Å²) >= 11 is 0. The number of hydrogen-bond donors (Lipinski definition) is 3. The number of Topliss-reactive ketones (excluding diaryl/α,β-unsaturated/α-hetero) is 1. The third-order valence-electron chi connectivity index (χ3n) is 3.55. The number of hydrogen-bond acceptors (Lipinski definition) is 4. The van der Waals surface area contributed by atoms with Crippen molar-refractivity contribution in [2.45, 2.75) is 80.9 Å². The molecule has 0 amide bonds. The Hall–Kier alpha value is -0.450. The average Bonchev–Trinajstić information content (AvgIpc) is 2.82. The molecule has 1 saturated carbocycles. The van der Waals surface area contributed by atoms with E-state index < -0.39 is 5.79 Å². The van der Waals surface area contributed by atoms with E-state index in [2.05, 4.69) is 20.8 Å². The molecule has 1 fully saturated rings. The topological polar surface area (TPSA) is 77.8 Å². The number of aliphatic hydroxyl groups is 3. The van der Waals surface area contributed by atoms with E-state index in [0.29, 0.717) is 17.8 Å². The summed E-state index contributed by atoms with van der Waals surface area (Å²) in [6, 6.07) is 0. The second-order valence-corrected chi connectivity index (χ2v) is 6.07. The molecule has 1 rings (SSSR count). The van der Waals surface area contributed by atoms with Gasteiger partial charge in [-0.15, -0.1) is 0 Å². The molecule has 4 heteroatoms. The molecule has 0 bridgehead atoms. The number of aliphatic hydroxyl groups excluding tert-OH is 1. The van der Waals surface area contributed by atoms with E-state index in [0.717, 1.165) is 12.8 Å². The third-order valence-corrected chi connectivity index (χ3v) is 3.55. The van der Waals surface area contributed by atoms with Gasteiger partial charge in [-0.05, 0) is 44.4 Å². The lowest BCUT2D eigenvalue weighted by molar-refractivity contribution is -0.128. The maximum absolute atomic E-state index is 11.3. The Morgan fingerprint density at radius 1 is 1.09 bits per heavy atom. The summed E-state index contributed by atoms with van der Waals surface area (Å²) in [6.45, 7) is 16.9. The molecule has 0 aromatic rings. The molecule has 0 spiro atoms. The predicted octanol–water partition coefficient (Wildman–Crippen LogP) is 3.63. The normalized spacial score (nSPS) is 23.4. The smallest absolute Gasteiger partial charge is 0.161 e. The van der Waals surface area contributed by atoms with Crippen LogP contribution in [0.2, 0.25) is 0 Å². The highest BCUT2D eigenvalue weighted by molar-refractivity contribution is 5.82. The summed E-state index contributed by atoms with van der Waals surface area (Å²) in [4.78, 5) is 11.3. The van der Waals surface area contributed by atoms with E-state index in [4.69, 9.17) is 15.3 Å². The Kier molecular flexibility index (Phi) is 17.0. The number of carbonyl (C=O) groups is 1. The molecule has 3 atom stereocenters. The second kappa shape index (κ2) is 14.2. The highest BCUT2D eigenvalue weighted by atomic mass is 16.5. The van der Waals surface area contributed by atoms with Crippen LogP contribution in [0, 0.1) is 23.7 Å². The maximum Gasteiger partial charge on any atom is 0.161 e. The van der Waals surface area contributed by atoms with E-state index in [1.165, 1.54) is 13.8 Å². The van der Waals surface area contributed by atoms with Crippen molar-refractivity contribution in [3.8, 4) is 0 Å². The van der Waals surface area contributed by atoms with Gasteiger partial charge in [0, 0.05) is 5.92 Å². The molecule has 3 N–H and O–H groups in total. The molecule has 0 aromatic heterocycles. The molecule has 3 unspecified atom stereocenters. The van der Waals surface area contributed by atoms with Gasteiger partial charge in [-0.25, -0.2) is 0 Å².